The topological polar surface area (TPSA) is 82.1 Å². The number of aliphatic hydroxyl groups is 1. The lowest BCUT2D eigenvalue weighted by molar-refractivity contribution is -0.150. The largest absolute Gasteiger partial charge is 0.480 e. The second-order valence-corrected chi connectivity index (χ2v) is 9.24. The number of benzene rings is 1. The van der Waals surface area contributed by atoms with Crippen molar-refractivity contribution in [3.63, 3.8) is 0 Å². The highest BCUT2D eigenvalue weighted by molar-refractivity contribution is 6.44. The van der Waals surface area contributed by atoms with Crippen LogP contribution in [0, 0.1) is 5.41 Å². The fourth-order valence-corrected chi connectivity index (χ4v) is 5.37. The second-order valence-electron chi connectivity index (χ2n) is 8.48. The average molecular weight is 469 g/mol. The van der Waals surface area contributed by atoms with Crippen LogP contribution in [0.1, 0.15) is 50.2 Å². The van der Waals surface area contributed by atoms with Crippen molar-refractivity contribution in [1.82, 2.24) is 0 Å². The van der Waals surface area contributed by atoms with Gasteiger partial charge in [0.25, 0.3) is 0 Å². The molecule has 8 heteroatoms. The third-order valence-corrected chi connectivity index (χ3v) is 7.48. The SMILES string of the molecule is CCC12CCC(=O)C=C1c1c(cc(OCC(=O)OCC3CCC(CO)O3)c(Cl)c1Cl)C2. The molecule has 3 unspecified atom stereocenters. The first-order valence-electron chi connectivity index (χ1n) is 10.7. The van der Waals surface area contributed by atoms with E-state index in [1.165, 1.54) is 0 Å². The van der Waals surface area contributed by atoms with Gasteiger partial charge in [-0.25, -0.2) is 4.79 Å². The number of halogens is 2. The number of carbonyl (C=O) groups is 2. The quantitative estimate of drug-likeness (QED) is 0.605. The van der Waals surface area contributed by atoms with Crippen LogP contribution in [0.15, 0.2) is 12.1 Å². The van der Waals surface area contributed by atoms with Crippen LogP contribution in [0.3, 0.4) is 0 Å². The highest BCUT2D eigenvalue weighted by atomic mass is 35.5. The van der Waals surface area contributed by atoms with Crippen molar-refractivity contribution in [1.29, 1.82) is 0 Å². The molecular weight excluding hydrogens is 443 g/mol. The van der Waals surface area contributed by atoms with Crippen molar-refractivity contribution in [2.75, 3.05) is 19.8 Å². The van der Waals surface area contributed by atoms with E-state index in [1.54, 1.807) is 6.08 Å². The molecule has 4 rings (SSSR count). The molecule has 0 amide bonds. The van der Waals surface area contributed by atoms with Crippen molar-refractivity contribution in [2.45, 2.75) is 57.7 Å². The number of ketones is 1. The van der Waals surface area contributed by atoms with Crippen LogP contribution in [0.5, 0.6) is 5.75 Å². The summed E-state index contributed by atoms with van der Waals surface area (Å²) >= 11 is 13.1. The second kappa shape index (κ2) is 9.10. The predicted molar refractivity (Wildman–Crippen MR) is 117 cm³/mol. The summed E-state index contributed by atoms with van der Waals surface area (Å²) < 4.78 is 16.4. The van der Waals surface area contributed by atoms with Gasteiger partial charge in [-0.05, 0) is 55.4 Å². The fourth-order valence-electron chi connectivity index (χ4n) is 4.85. The van der Waals surface area contributed by atoms with E-state index in [4.69, 9.17) is 42.5 Å². The van der Waals surface area contributed by atoms with E-state index in [9.17, 15) is 9.59 Å². The first-order valence-corrected chi connectivity index (χ1v) is 11.4. The number of carbonyl (C=O) groups excluding carboxylic acids is 2. The molecular formula is C23H26Cl2O6. The molecule has 0 aromatic heterocycles. The van der Waals surface area contributed by atoms with E-state index in [0.717, 1.165) is 48.8 Å². The van der Waals surface area contributed by atoms with Gasteiger partial charge in [0, 0.05) is 17.4 Å². The summed E-state index contributed by atoms with van der Waals surface area (Å²) in [6, 6.07) is 1.82. The van der Waals surface area contributed by atoms with Crippen LogP contribution in [0.25, 0.3) is 5.57 Å². The van der Waals surface area contributed by atoms with Crippen LogP contribution in [-0.4, -0.2) is 48.9 Å². The van der Waals surface area contributed by atoms with Crippen LogP contribution in [0.2, 0.25) is 10.0 Å². The molecule has 3 aliphatic rings. The molecule has 0 radical (unpaired) electrons. The molecule has 0 saturated carbocycles. The molecule has 1 aromatic rings. The zero-order chi connectivity index (χ0) is 22.2. The highest BCUT2D eigenvalue weighted by Crippen LogP contribution is 2.57. The lowest BCUT2D eigenvalue weighted by Gasteiger charge is -2.32. The molecule has 0 spiro atoms. The van der Waals surface area contributed by atoms with E-state index in [2.05, 4.69) is 6.92 Å². The molecule has 1 saturated heterocycles. The average Bonchev–Trinajstić information content (AvgIpc) is 3.36. The molecule has 1 aliphatic heterocycles. The maximum atomic E-state index is 12.1. The predicted octanol–water partition coefficient (Wildman–Crippen LogP) is 4.15. The number of ether oxygens (including phenoxy) is 3. The van der Waals surface area contributed by atoms with Gasteiger partial charge in [-0.2, -0.15) is 0 Å². The Kier molecular flexibility index (Phi) is 6.63. The normalized spacial score (nSPS) is 27.0. The Morgan fingerprint density at radius 3 is 2.77 bits per heavy atom. The summed E-state index contributed by atoms with van der Waals surface area (Å²) in [4.78, 5) is 24.2. The monoisotopic (exact) mass is 468 g/mol. The van der Waals surface area contributed by atoms with Gasteiger partial charge in [0.1, 0.15) is 17.4 Å². The van der Waals surface area contributed by atoms with Crippen molar-refractivity contribution < 1.29 is 28.9 Å². The summed E-state index contributed by atoms with van der Waals surface area (Å²) in [6.45, 7) is 1.91. The molecule has 1 aromatic carbocycles. The maximum absolute atomic E-state index is 12.1. The first-order chi connectivity index (χ1) is 14.9. The Labute approximate surface area is 191 Å². The highest BCUT2D eigenvalue weighted by Gasteiger charge is 2.44. The summed E-state index contributed by atoms with van der Waals surface area (Å²) in [5.74, 6) is -0.0915. The molecule has 2 aliphatic carbocycles. The molecule has 1 N–H and O–H groups in total. The lowest BCUT2D eigenvalue weighted by atomic mass is 9.71. The Balaban J connectivity index is 1.43. The van der Waals surface area contributed by atoms with Gasteiger partial charge in [0.05, 0.1) is 23.8 Å². The third-order valence-electron chi connectivity index (χ3n) is 6.63. The van der Waals surface area contributed by atoms with Crippen LogP contribution < -0.4 is 4.74 Å². The van der Waals surface area contributed by atoms with E-state index < -0.39 is 5.97 Å². The summed E-state index contributed by atoms with van der Waals surface area (Å²) in [7, 11) is 0. The Hall–Kier alpha value is -1.60. The number of hydrogen-bond donors (Lipinski definition) is 1. The van der Waals surface area contributed by atoms with Crippen molar-refractivity contribution in [3.8, 4) is 5.75 Å². The number of rotatable bonds is 7. The van der Waals surface area contributed by atoms with Crippen molar-refractivity contribution >= 4 is 40.5 Å². The zero-order valence-corrected chi connectivity index (χ0v) is 18.9. The number of aliphatic hydroxyl groups excluding tert-OH is 1. The smallest absolute Gasteiger partial charge is 0.344 e. The summed E-state index contributed by atoms with van der Waals surface area (Å²) in [5, 5.41) is 9.68. The van der Waals surface area contributed by atoms with Gasteiger partial charge >= 0.3 is 5.97 Å². The van der Waals surface area contributed by atoms with Crippen molar-refractivity contribution in [3.05, 3.63) is 33.3 Å². The van der Waals surface area contributed by atoms with Gasteiger partial charge in [-0.3, -0.25) is 4.79 Å². The van der Waals surface area contributed by atoms with E-state index in [1.807, 2.05) is 6.07 Å². The Morgan fingerprint density at radius 2 is 2.06 bits per heavy atom. The minimum absolute atomic E-state index is 0.0322. The van der Waals surface area contributed by atoms with Crippen LogP contribution in [-0.2, 0) is 25.5 Å². The minimum atomic E-state index is -0.532. The molecule has 3 atom stereocenters. The van der Waals surface area contributed by atoms with Gasteiger partial charge in [-0.15, -0.1) is 0 Å². The fraction of sp³-hybridized carbons (Fsp3) is 0.565. The number of esters is 1. The molecule has 168 valence electrons. The molecule has 0 bridgehead atoms. The van der Waals surface area contributed by atoms with Gasteiger partial charge in [0.2, 0.25) is 0 Å². The maximum Gasteiger partial charge on any atom is 0.344 e. The number of hydrogen-bond acceptors (Lipinski definition) is 6. The molecule has 6 nitrogen and oxygen atoms in total. The molecule has 1 heterocycles. The molecule has 1 fully saturated rings. The van der Waals surface area contributed by atoms with Crippen molar-refractivity contribution in [2.24, 2.45) is 5.41 Å². The minimum Gasteiger partial charge on any atom is -0.480 e. The number of allylic oxidation sites excluding steroid dienone is 2. The Morgan fingerprint density at radius 1 is 1.29 bits per heavy atom. The summed E-state index contributed by atoms with van der Waals surface area (Å²) in [5.41, 5.74) is 2.68. The lowest BCUT2D eigenvalue weighted by Crippen LogP contribution is -2.24. The Bertz CT molecular complexity index is 927. The van der Waals surface area contributed by atoms with Crippen LogP contribution >= 0.6 is 23.2 Å². The third kappa shape index (κ3) is 4.36. The summed E-state index contributed by atoms with van der Waals surface area (Å²) in [6.07, 6.45) is 5.80. The van der Waals surface area contributed by atoms with Gasteiger partial charge < -0.3 is 19.3 Å². The zero-order valence-electron chi connectivity index (χ0n) is 17.4. The van der Waals surface area contributed by atoms with Crippen LogP contribution in [0.4, 0.5) is 0 Å². The van der Waals surface area contributed by atoms with Gasteiger partial charge in [0.15, 0.2) is 12.4 Å². The molecule has 31 heavy (non-hydrogen) atoms. The van der Waals surface area contributed by atoms with E-state index in [-0.39, 0.29) is 48.2 Å². The number of fused-ring (bicyclic) bond motifs is 3. The van der Waals surface area contributed by atoms with Gasteiger partial charge in [-0.1, -0.05) is 30.1 Å². The standard InChI is InChI=1S/C23H26Cl2O6/c1-2-23-6-5-14(27)8-17(23)20-13(9-23)7-18(21(24)22(20)25)29-12-19(28)30-11-16-4-3-15(10-26)31-16/h7-8,15-16,26H,2-6,9-12H2,1H3. The first kappa shape index (κ1) is 22.6. The van der Waals surface area contributed by atoms with E-state index >= 15 is 0 Å². The van der Waals surface area contributed by atoms with E-state index in [0.29, 0.717) is 17.2 Å².